The Labute approximate surface area is 158 Å². The number of nitrogens with zero attached hydrogens (tertiary/aromatic N) is 4. The smallest absolute Gasteiger partial charge is 0.316 e. The fourth-order valence-electron chi connectivity index (χ4n) is 3.65. The first-order valence-electron chi connectivity index (χ1n) is 9.44. The van der Waals surface area contributed by atoms with Crippen molar-refractivity contribution in [2.45, 2.75) is 45.1 Å². The molecule has 1 saturated carbocycles. The minimum Gasteiger partial charge on any atom is -0.408 e. The highest BCUT2D eigenvalue weighted by Crippen LogP contribution is 2.53. The van der Waals surface area contributed by atoms with Crippen molar-refractivity contribution in [3.8, 4) is 6.07 Å². The van der Waals surface area contributed by atoms with Gasteiger partial charge in [-0.3, -0.25) is 4.79 Å². The van der Waals surface area contributed by atoms with Gasteiger partial charge in [-0.1, -0.05) is 17.2 Å². The monoisotopic (exact) mass is 365 g/mol. The molecular weight excluding hydrogens is 342 g/mol. The lowest BCUT2D eigenvalue weighted by Gasteiger charge is -2.33. The topological polar surface area (TPSA) is 95.0 Å². The van der Waals surface area contributed by atoms with E-state index in [2.05, 4.69) is 21.6 Å². The summed E-state index contributed by atoms with van der Waals surface area (Å²) in [5.74, 6) is 0.549. The summed E-state index contributed by atoms with van der Waals surface area (Å²) in [6.45, 7) is 3.52. The molecule has 2 heterocycles. The fourth-order valence-corrected chi connectivity index (χ4v) is 3.65. The predicted molar refractivity (Wildman–Crippen MR) is 98.8 cm³/mol. The summed E-state index contributed by atoms with van der Waals surface area (Å²) in [5, 5.41) is 19.9. The van der Waals surface area contributed by atoms with E-state index in [4.69, 9.17) is 9.68 Å². The molecular formula is C20H23N5O2. The van der Waals surface area contributed by atoms with Crippen LogP contribution in [0.25, 0.3) is 0 Å². The first-order valence-corrected chi connectivity index (χ1v) is 9.44. The SMILES string of the molecule is CC(Nc1nnc(Cc2ccc(C#N)cc2)o1)C(=O)N1CCC2(CC1)CC2. The normalized spacial score (nSPS) is 18.7. The summed E-state index contributed by atoms with van der Waals surface area (Å²) < 4.78 is 5.63. The molecule has 4 rings (SSSR count). The number of rotatable bonds is 5. The highest BCUT2D eigenvalue weighted by Gasteiger charge is 2.45. The van der Waals surface area contributed by atoms with Gasteiger partial charge in [-0.15, -0.1) is 5.10 Å². The Kier molecular flexibility index (Phi) is 4.56. The summed E-state index contributed by atoms with van der Waals surface area (Å²) in [5.41, 5.74) is 2.15. The molecule has 0 radical (unpaired) electrons. The van der Waals surface area contributed by atoms with E-state index in [0.29, 0.717) is 23.3 Å². The van der Waals surface area contributed by atoms with E-state index in [0.717, 1.165) is 31.5 Å². The summed E-state index contributed by atoms with van der Waals surface area (Å²) in [6.07, 6.45) is 5.39. The van der Waals surface area contributed by atoms with Crippen LogP contribution < -0.4 is 5.32 Å². The van der Waals surface area contributed by atoms with E-state index in [-0.39, 0.29) is 11.9 Å². The van der Waals surface area contributed by atoms with Crippen molar-refractivity contribution in [3.05, 3.63) is 41.3 Å². The van der Waals surface area contributed by atoms with Gasteiger partial charge in [-0.2, -0.15) is 5.26 Å². The van der Waals surface area contributed by atoms with E-state index in [1.807, 2.05) is 24.0 Å². The van der Waals surface area contributed by atoms with E-state index in [1.54, 1.807) is 12.1 Å². The molecule has 1 atom stereocenters. The van der Waals surface area contributed by atoms with Crippen LogP contribution in [0.1, 0.15) is 49.6 Å². The Morgan fingerprint density at radius 1 is 1.26 bits per heavy atom. The quantitative estimate of drug-likeness (QED) is 0.875. The lowest BCUT2D eigenvalue weighted by atomic mass is 9.93. The summed E-state index contributed by atoms with van der Waals surface area (Å²) >= 11 is 0. The second kappa shape index (κ2) is 7.03. The van der Waals surface area contributed by atoms with Gasteiger partial charge in [0.1, 0.15) is 6.04 Å². The van der Waals surface area contributed by atoms with Gasteiger partial charge in [0.15, 0.2) is 0 Å². The number of likely N-dealkylation sites (tertiary alicyclic amines) is 1. The minimum atomic E-state index is -0.401. The lowest BCUT2D eigenvalue weighted by molar-refractivity contribution is -0.133. The molecule has 1 spiro atoms. The van der Waals surface area contributed by atoms with Crippen LogP contribution in [-0.2, 0) is 11.2 Å². The number of carbonyl (C=O) groups excluding carboxylic acids is 1. The largest absolute Gasteiger partial charge is 0.408 e. The molecule has 1 unspecified atom stereocenters. The number of aromatic nitrogens is 2. The van der Waals surface area contributed by atoms with Crippen LogP contribution in [-0.4, -0.2) is 40.1 Å². The van der Waals surface area contributed by atoms with E-state index in [1.165, 1.54) is 12.8 Å². The van der Waals surface area contributed by atoms with Crippen molar-refractivity contribution >= 4 is 11.9 Å². The van der Waals surface area contributed by atoms with Gasteiger partial charge in [-0.05, 0) is 55.7 Å². The molecule has 1 aromatic carbocycles. The maximum atomic E-state index is 12.6. The van der Waals surface area contributed by atoms with Crippen LogP contribution >= 0.6 is 0 Å². The second-order valence-electron chi connectivity index (χ2n) is 7.68. The van der Waals surface area contributed by atoms with Crippen molar-refractivity contribution < 1.29 is 9.21 Å². The molecule has 7 heteroatoms. The Morgan fingerprint density at radius 3 is 2.59 bits per heavy atom. The molecule has 7 nitrogen and oxygen atoms in total. The third kappa shape index (κ3) is 3.95. The molecule has 1 N–H and O–H groups in total. The van der Waals surface area contributed by atoms with Crippen LogP contribution in [0.2, 0.25) is 0 Å². The molecule has 1 aliphatic carbocycles. The number of anilines is 1. The second-order valence-corrected chi connectivity index (χ2v) is 7.68. The molecule has 1 aliphatic heterocycles. The fraction of sp³-hybridized carbons (Fsp3) is 0.500. The minimum absolute atomic E-state index is 0.0809. The predicted octanol–water partition coefficient (Wildman–Crippen LogP) is 2.74. The molecule has 2 aliphatic rings. The van der Waals surface area contributed by atoms with Crippen molar-refractivity contribution in [2.24, 2.45) is 5.41 Å². The van der Waals surface area contributed by atoms with Gasteiger partial charge < -0.3 is 14.6 Å². The van der Waals surface area contributed by atoms with Crippen LogP contribution in [0.4, 0.5) is 6.01 Å². The standard InChI is InChI=1S/C20H23N5O2/c1-14(18(26)25-10-8-20(6-7-20)9-11-25)22-19-24-23-17(27-19)12-15-2-4-16(13-21)5-3-15/h2-5,14H,6-12H2,1H3,(H,22,24). The van der Waals surface area contributed by atoms with Crippen LogP contribution in [0.15, 0.2) is 28.7 Å². The Balaban J connectivity index is 1.31. The summed E-state index contributed by atoms with van der Waals surface area (Å²) in [7, 11) is 0. The number of nitrogens with one attached hydrogen (secondary N) is 1. The van der Waals surface area contributed by atoms with Gasteiger partial charge in [0.05, 0.1) is 18.1 Å². The van der Waals surface area contributed by atoms with Crippen molar-refractivity contribution in [1.29, 1.82) is 5.26 Å². The van der Waals surface area contributed by atoms with E-state index >= 15 is 0 Å². The third-order valence-electron chi connectivity index (χ3n) is 5.71. The van der Waals surface area contributed by atoms with Gasteiger partial charge >= 0.3 is 6.01 Å². The zero-order valence-electron chi connectivity index (χ0n) is 15.4. The van der Waals surface area contributed by atoms with E-state index < -0.39 is 6.04 Å². The molecule has 1 amide bonds. The molecule has 140 valence electrons. The summed E-state index contributed by atoms with van der Waals surface area (Å²) in [4.78, 5) is 14.6. The van der Waals surface area contributed by atoms with E-state index in [9.17, 15) is 4.79 Å². The highest BCUT2D eigenvalue weighted by atomic mass is 16.4. The number of amides is 1. The van der Waals surface area contributed by atoms with Crippen LogP contribution in [0.5, 0.6) is 0 Å². The number of benzene rings is 1. The van der Waals surface area contributed by atoms with Gasteiger partial charge in [-0.25, -0.2) is 0 Å². The molecule has 1 saturated heterocycles. The molecule has 0 bridgehead atoms. The maximum absolute atomic E-state index is 12.6. The first-order chi connectivity index (χ1) is 13.1. The zero-order valence-corrected chi connectivity index (χ0v) is 15.4. The average molecular weight is 365 g/mol. The molecule has 2 aromatic rings. The van der Waals surface area contributed by atoms with Crippen molar-refractivity contribution in [3.63, 3.8) is 0 Å². The van der Waals surface area contributed by atoms with Crippen molar-refractivity contribution in [2.75, 3.05) is 18.4 Å². The molecule has 27 heavy (non-hydrogen) atoms. The number of nitriles is 1. The Hall–Kier alpha value is -2.88. The molecule has 1 aromatic heterocycles. The number of hydrogen-bond acceptors (Lipinski definition) is 6. The van der Waals surface area contributed by atoms with Gasteiger partial charge in [0.2, 0.25) is 11.8 Å². The third-order valence-corrected chi connectivity index (χ3v) is 5.71. The van der Waals surface area contributed by atoms with Crippen LogP contribution in [0, 0.1) is 16.7 Å². The molecule has 2 fully saturated rings. The van der Waals surface area contributed by atoms with Gasteiger partial charge in [0.25, 0.3) is 0 Å². The Morgan fingerprint density at radius 2 is 1.96 bits per heavy atom. The summed E-state index contributed by atoms with van der Waals surface area (Å²) in [6, 6.07) is 9.20. The zero-order chi connectivity index (χ0) is 18.9. The van der Waals surface area contributed by atoms with Crippen LogP contribution in [0.3, 0.4) is 0 Å². The number of piperidine rings is 1. The highest BCUT2D eigenvalue weighted by molar-refractivity contribution is 5.83. The van der Waals surface area contributed by atoms with Gasteiger partial charge in [0, 0.05) is 13.1 Å². The number of hydrogen-bond donors (Lipinski definition) is 1. The maximum Gasteiger partial charge on any atom is 0.316 e. The lowest BCUT2D eigenvalue weighted by Crippen LogP contribution is -2.45. The first kappa shape index (κ1) is 17.5. The Bertz CT molecular complexity index is 853. The average Bonchev–Trinajstić information content (AvgIpc) is 3.30. The number of carbonyl (C=O) groups is 1. The van der Waals surface area contributed by atoms with Crippen molar-refractivity contribution in [1.82, 2.24) is 15.1 Å².